The van der Waals surface area contributed by atoms with E-state index < -0.39 is 31.0 Å². The molecule has 3 rings (SSSR count). The number of carbonyl (C=O) groups excluding carboxylic acids is 2. The van der Waals surface area contributed by atoms with Crippen molar-refractivity contribution in [1.82, 2.24) is 0 Å². The largest absolute Gasteiger partial charge is 0.478 e. The first kappa shape index (κ1) is 22.9. The minimum atomic E-state index is -1.25. The van der Waals surface area contributed by atoms with E-state index in [-0.39, 0.29) is 22.1 Å². The highest BCUT2D eigenvalue weighted by atomic mass is 35.5. The third-order valence-corrected chi connectivity index (χ3v) is 4.54. The van der Waals surface area contributed by atoms with Gasteiger partial charge in [-0.15, -0.1) is 0 Å². The maximum absolute atomic E-state index is 13.2. The molecule has 0 saturated heterocycles. The number of para-hydroxylation sites is 1. The average molecular weight is 457 g/mol. The monoisotopic (exact) mass is 456 g/mol. The second-order valence-corrected chi connectivity index (χ2v) is 7.07. The van der Waals surface area contributed by atoms with Crippen molar-refractivity contribution in [3.63, 3.8) is 0 Å². The molecular weight excluding hydrogens is 439 g/mol. The molecule has 0 unspecified atom stereocenters. The Kier molecular flexibility index (Phi) is 7.54. The molecule has 7 nitrogen and oxygen atoms in total. The molecule has 0 saturated carbocycles. The Morgan fingerprint density at radius 2 is 1.50 bits per heavy atom. The summed E-state index contributed by atoms with van der Waals surface area (Å²) in [6.45, 7) is -0.869. The van der Waals surface area contributed by atoms with Gasteiger partial charge in [0.1, 0.15) is 19.0 Å². The van der Waals surface area contributed by atoms with Crippen molar-refractivity contribution < 1.29 is 28.6 Å². The lowest BCUT2D eigenvalue weighted by Crippen LogP contribution is -2.24. The molecule has 0 heterocycles. The zero-order valence-corrected chi connectivity index (χ0v) is 17.4. The van der Waals surface area contributed by atoms with E-state index in [0.29, 0.717) is 11.3 Å². The maximum Gasteiger partial charge on any atom is 0.337 e. The number of carbonyl (C=O) groups is 3. The molecule has 0 aliphatic heterocycles. The molecule has 0 fully saturated rings. The minimum absolute atomic E-state index is 0.0631. The fourth-order valence-corrected chi connectivity index (χ4v) is 3.06. The predicted octanol–water partition coefficient (Wildman–Crippen LogP) is 4.44. The summed E-state index contributed by atoms with van der Waals surface area (Å²) in [7, 11) is 0. The van der Waals surface area contributed by atoms with Crippen LogP contribution < -0.4 is 10.6 Å². The highest BCUT2D eigenvalue weighted by Crippen LogP contribution is 2.28. The van der Waals surface area contributed by atoms with Crippen molar-refractivity contribution >= 4 is 40.8 Å². The molecule has 3 N–H and O–H groups in total. The number of anilines is 2. The summed E-state index contributed by atoms with van der Waals surface area (Å²) < 4.78 is 18.3. The molecule has 0 atom stereocenters. The standard InChI is InChI=1S/C23H18ClFN2O5/c24-15-7-10-20(18(11-15)23(30)31)27-22(29)13-32-12-21(28)26-19-4-2-1-3-17(19)14-5-8-16(25)9-6-14/h1-11H,12-13H2,(H,26,28)(H,27,29)(H,30,31). The Hall–Kier alpha value is -3.75. The lowest BCUT2D eigenvalue weighted by Gasteiger charge is -2.12. The summed E-state index contributed by atoms with van der Waals surface area (Å²) in [5.74, 6) is -2.74. The van der Waals surface area contributed by atoms with Gasteiger partial charge in [-0.1, -0.05) is 41.9 Å². The molecule has 0 aliphatic carbocycles. The second-order valence-electron chi connectivity index (χ2n) is 6.64. The minimum Gasteiger partial charge on any atom is -0.478 e. The molecule has 0 spiro atoms. The van der Waals surface area contributed by atoms with Gasteiger partial charge in [-0.05, 0) is 42.0 Å². The number of rotatable bonds is 8. The third-order valence-electron chi connectivity index (χ3n) is 4.31. The van der Waals surface area contributed by atoms with Crippen LogP contribution in [0.15, 0.2) is 66.7 Å². The van der Waals surface area contributed by atoms with Crippen LogP contribution in [0.25, 0.3) is 11.1 Å². The van der Waals surface area contributed by atoms with E-state index in [1.807, 2.05) is 0 Å². The zero-order chi connectivity index (χ0) is 23.1. The van der Waals surface area contributed by atoms with Crippen LogP contribution in [0.4, 0.5) is 15.8 Å². The molecule has 9 heteroatoms. The summed E-state index contributed by atoms with van der Waals surface area (Å²) >= 11 is 5.78. The van der Waals surface area contributed by atoms with Crippen LogP contribution in [-0.4, -0.2) is 36.1 Å². The van der Waals surface area contributed by atoms with Gasteiger partial charge in [0.15, 0.2) is 0 Å². The van der Waals surface area contributed by atoms with Crippen LogP contribution in [0.5, 0.6) is 0 Å². The number of amides is 2. The molecule has 0 aromatic heterocycles. The van der Waals surface area contributed by atoms with Crippen molar-refractivity contribution in [2.45, 2.75) is 0 Å². The van der Waals surface area contributed by atoms with E-state index in [9.17, 15) is 23.9 Å². The third kappa shape index (κ3) is 6.13. The number of nitrogens with one attached hydrogen (secondary N) is 2. The fraction of sp³-hybridized carbons (Fsp3) is 0.0870. The van der Waals surface area contributed by atoms with Crippen molar-refractivity contribution in [3.05, 3.63) is 83.1 Å². The van der Waals surface area contributed by atoms with Gasteiger partial charge in [0.25, 0.3) is 0 Å². The SMILES string of the molecule is O=C(COCC(=O)Nc1ccccc1-c1ccc(F)cc1)Nc1ccc(Cl)cc1C(=O)O. The van der Waals surface area contributed by atoms with E-state index in [1.165, 1.54) is 30.3 Å². The highest BCUT2D eigenvalue weighted by Gasteiger charge is 2.14. The van der Waals surface area contributed by atoms with Crippen LogP contribution in [0.3, 0.4) is 0 Å². The Balaban J connectivity index is 1.55. The van der Waals surface area contributed by atoms with Crippen LogP contribution in [0.1, 0.15) is 10.4 Å². The van der Waals surface area contributed by atoms with Gasteiger partial charge in [0.05, 0.1) is 11.3 Å². The number of aromatic carboxylic acids is 1. The lowest BCUT2D eigenvalue weighted by atomic mass is 10.0. The van der Waals surface area contributed by atoms with E-state index in [2.05, 4.69) is 10.6 Å². The van der Waals surface area contributed by atoms with Crippen molar-refractivity contribution in [1.29, 1.82) is 0 Å². The van der Waals surface area contributed by atoms with Crippen LogP contribution >= 0.6 is 11.6 Å². The van der Waals surface area contributed by atoms with Gasteiger partial charge < -0.3 is 20.5 Å². The molecular formula is C23H18ClFN2O5. The molecule has 2 amide bonds. The zero-order valence-electron chi connectivity index (χ0n) is 16.6. The maximum atomic E-state index is 13.2. The first-order valence-corrected chi connectivity index (χ1v) is 9.76. The van der Waals surface area contributed by atoms with E-state index in [0.717, 1.165) is 5.56 Å². The number of halogens is 2. The average Bonchev–Trinajstić information content (AvgIpc) is 2.76. The van der Waals surface area contributed by atoms with Gasteiger partial charge in [0.2, 0.25) is 11.8 Å². The van der Waals surface area contributed by atoms with Crippen LogP contribution in [0.2, 0.25) is 5.02 Å². The lowest BCUT2D eigenvalue weighted by molar-refractivity contribution is -0.125. The predicted molar refractivity (Wildman–Crippen MR) is 118 cm³/mol. The van der Waals surface area contributed by atoms with Gasteiger partial charge in [-0.3, -0.25) is 9.59 Å². The van der Waals surface area contributed by atoms with Gasteiger partial charge in [-0.2, -0.15) is 0 Å². The topological polar surface area (TPSA) is 105 Å². The number of hydrogen-bond donors (Lipinski definition) is 3. The molecule has 3 aromatic carbocycles. The van der Waals surface area contributed by atoms with Crippen LogP contribution in [-0.2, 0) is 14.3 Å². The van der Waals surface area contributed by atoms with Gasteiger partial charge in [0, 0.05) is 16.3 Å². The summed E-state index contributed by atoms with van der Waals surface area (Å²) in [5.41, 5.74) is 1.82. The Morgan fingerprint density at radius 1 is 0.875 bits per heavy atom. The van der Waals surface area contributed by atoms with Crippen molar-refractivity contribution in [2.24, 2.45) is 0 Å². The highest BCUT2D eigenvalue weighted by molar-refractivity contribution is 6.31. The number of carboxylic acids is 1. The summed E-state index contributed by atoms with van der Waals surface area (Å²) in [5, 5.41) is 14.5. The first-order valence-electron chi connectivity index (χ1n) is 9.39. The Labute approximate surface area is 187 Å². The summed E-state index contributed by atoms with van der Waals surface area (Å²) in [6.07, 6.45) is 0. The number of carboxylic acid groups (broad SMARTS) is 1. The van der Waals surface area contributed by atoms with Crippen molar-refractivity contribution in [3.8, 4) is 11.1 Å². The molecule has 164 valence electrons. The first-order chi connectivity index (χ1) is 15.3. The van der Waals surface area contributed by atoms with Gasteiger partial charge >= 0.3 is 5.97 Å². The number of benzene rings is 3. The van der Waals surface area contributed by atoms with E-state index in [4.69, 9.17) is 16.3 Å². The molecule has 0 aliphatic rings. The van der Waals surface area contributed by atoms with Crippen LogP contribution in [0, 0.1) is 5.82 Å². The van der Waals surface area contributed by atoms with Gasteiger partial charge in [-0.25, -0.2) is 9.18 Å². The molecule has 0 radical (unpaired) electrons. The van der Waals surface area contributed by atoms with E-state index >= 15 is 0 Å². The smallest absolute Gasteiger partial charge is 0.337 e. The molecule has 32 heavy (non-hydrogen) atoms. The van der Waals surface area contributed by atoms with Crippen molar-refractivity contribution in [2.75, 3.05) is 23.8 Å². The van der Waals surface area contributed by atoms with E-state index in [1.54, 1.807) is 36.4 Å². The normalized spacial score (nSPS) is 10.4. The number of ether oxygens (including phenoxy) is 1. The summed E-state index contributed by atoms with van der Waals surface area (Å²) in [4.78, 5) is 35.6. The molecule has 3 aromatic rings. The Bertz CT molecular complexity index is 1150. The second kappa shape index (κ2) is 10.5. The molecule has 0 bridgehead atoms. The fourth-order valence-electron chi connectivity index (χ4n) is 2.88. The Morgan fingerprint density at radius 3 is 2.16 bits per heavy atom. The number of hydrogen-bond acceptors (Lipinski definition) is 4. The quantitative estimate of drug-likeness (QED) is 0.465. The summed E-state index contributed by atoms with van der Waals surface area (Å²) in [6, 6.07) is 16.9.